The molecule has 0 atom stereocenters. The van der Waals surface area contributed by atoms with E-state index in [-0.39, 0.29) is 5.54 Å². The van der Waals surface area contributed by atoms with E-state index in [9.17, 15) is 0 Å². The first kappa shape index (κ1) is 9.77. The van der Waals surface area contributed by atoms with Gasteiger partial charge in [-0.2, -0.15) is 0 Å². The van der Waals surface area contributed by atoms with Gasteiger partial charge in [0.25, 0.3) is 0 Å². The maximum atomic E-state index is 5.99. The van der Waals surface area contributed by atoms with Crippen molar-refractivity contribution in [3.8, 4) is 0 Å². The summed E-state index contributed by atoms with van der Waals surface area (Å²) >= 11 is 0. The molecule has 1 aliphatic heterocycles. The Morgan fingerprint density at radius 3 is 2.79 bits per heavy atom. The molecule has 1 aliphatic carbocycles. The van der Waals surface area contributed by atoms with E-state index >= 15 is 0 Å². The van der Waals surface area contributed by atoms with Crippen LogP contribution in [-0.4, -0.2) is 42.2 Å². The van der Waals surface area contributed by atoms with E-state index in [2.05, 4.69) is 23.7 Å². The van der Waals surface area contributed by atoms with Crippen LogP contribution in [0.5, 0.6) is 0 Å². The van der Waals surface area contributed by atoms with Crippen molar-refractivity contribution in [1.29, 1.82) is 0 Å². The van der Waals surface area contributed by atoms with Gasteiger partial charge in [-0.1, -0.05) is 0 Å². The second-order valence-electron chi connectivity index (χ2n) is 4.74. The van der Waals surface area contributed by atoms with Crippen LogP contribution in [0.15, 0.2) is 4.99 Å². The molecule has 0 unspecified atom stereocenters. The molecule has 2 fully saturated rings. The fraction of sp³-hybridized carbons (Fsp3) is 0.900. The molecule has 1 heterocycles. The number of aliphatic imine (C=N–C) groups is 1. The summed E-state index contributed by atoms with van der Waals surface area (Å²) in [4.78, 5) is 6.63. The maximum Gasteiger partial charge on any atom is 0.192 e. The predicted octanol–water partition coefficient (Wildman–Crippen LogP) is 0.574. The van der Waals surface area contributed by atoms with Crippen LogP contribution in [0.4, 0.5) is 0 Å². The molecule has 0 aromatic rings. The van der Waals surface area contributed by atoms with E-state index in [0.29, 0.717) is 12.0 Å². The zero-order valence-electron chi connectivity index (χ0n) is 8.99. The molecule has 2 rings (SSSR count). The summed E-state index contributed by atoms with van der Waals surface area (Å²) in [7, 11) is 0. The van der Waals surface area contributed by atoms with E-state index in [4.69, 9.17) is 10.5 Å². The van der Waals surface area contributed by atoms with Crippen molar-refractivity contribution < 1.29 is 4.74 Å². The molecule has 0 bridgehead atoms. The third-order valence-electron chi connectivity index (χ3n) is 2.78. The van der Waals surface area contributed by atoms with Crippen LogP contribution < -0.4 is 5.73 Å². The minimum atomic E-state index is -0.0132. The predicted molar refractivity (Wildman–Crippen MR) is 56.2 cm³/mol. The minimum Gasteiger partial charge on any atom is -0.377 e. The van der Waals surface area contributed by atoms with Gasteiger partial charge < -0.3 is 15.4 Å². The lowest BCUT2D eigenvalue weighted by Crippen LogP contribution is -2.57. The van der Waals surface area contributed by atoms with Crippen molar-refractivity contribution >= 4 is 5.96 Å². The second kappa shape index (κ2) is 3.42. The first-order valence-corrected chi connectivity index (χ1v) is 5.28. The molecule has 1 saturated carbocycles. The van der Waals surface area contributed by atoms with Crippen molar-refractivity contribution in [2.45, 2.75) is 38.3 Å². The van der Waals surface area contributed by atoms with E-state index in [1.54, 1.807) is 0 Å². The van der Waals surface area contributed by atoms with Gasteiger partial charge in [-0.25, -0.2) is 4.99 Å². The van der Waals surface area contributed by atoms with Crippen LogP contribution in [-0.2, 0) is 4.74 Å². The van der Waals surface area contributed by atoms with Gasteiger partial charge in [-0.05, 0) is 26.7 Å². The molecule has 80 valence electrons. The van der Waals surface area contributed by atoms with Crippen molar-refractivity contribution in [2.24, 2.45) is 10.7 Å². The summed E-state index contributed by atoms with van der Waals surface area (Å²) < 4.78 is 5.43. The van der Waals surface area contributed by atoms with Gasteiger partial charge in [0.15, 0.2) is 5.96 Å². The third kappa shape index (κ3) is 2.00. The molecule has 2 aliphatic rings. The molecular formula is C10H19N3O. The number of guanidine groups is 1. The van der Waals surface area contributed by atoms with Crippen LogP contribution in [0.1, 0.15) is 26.7 Å². The van der Waals surface area contributed by atoms with Gasteiger partial charge in [0.05, 0.1) is 24.8 Å². The van der Waals surface area contributed by atoms with Gasteiger partial charge in [0.1, 0.15) is 0 Å². The Balaban J connectivity index is 2.06. The molecule has 4 nitrogen and oxygen atoms in total. The van der Waals surface area contributed by atoms with Crippen molar-refractivity contribution in [3.63, 3.8) is 0 Å². The second-order valence-corrected chi connectivity index (χ2v) is 4.74. The highest BCUT2D eigenvalue weighted by Crippen LogP contribution is 2.25. The number of nitrogens with two attached hydrogens (primary N) is 1. The summed E-state index contributed by atoms with van der Waals surface area (Å²) in [5.74, 6) is 0.695. The topological polar surface area (TPSA) is 50.9 Å². The Labute approximate surface area is 85.1 Å². The van der Waals surface area contributed by atoms with E-state index < -0.39 is 0 Å². The number of ether oxygens (including phenoxy) is 1. The Bertz CT molecular complexity index is 246. The number of nitrogens with zero attached hydrogens (tertiary/aromatic N) is 2. The first-order chi connectivity index (χ1) is 6.59. The highest BCUT2D eigenvalue weighted by Gasteiger charge is 2.33. The summed E-state index contributed by atoms with van der Waals surface area (Å²) in [5, 5.41) is 0. The molecule has 2 N–H and O–H groups in total. The fourth-order valence-corrected chi connectivity index (χ4v) is 1.74. The van der Waals surface area contributed by atoms with Gasteiger partial charge >= 0.3 is 0 Å². The average molecular weight is 197 g/mol. The van der Waals surface area contributed by atoms with Crippen LogP contribution in [0.3, 0.4) is 0 Å². The Kier molecular flexibility index (Phi) is 2.39. The highest BCUT2D eigenvalue weighted by molar-refractivity contribution is 5.79. The molecule has 0 aromatic heterocycles. The molecule has 0 spiro atoms. The molecule has 0 amide bonds. The lowest BCUT2D eigenvalue weighted by atomic mass is 10.0. The average Bonchev–Trinajstić information content (AvgIpc) is 2.87. The standard InChI is InChI=1S/C10H19N3O/c1-10(2)7-14-6-5-13(10)9(11)12-8-3-4-8/h8H,3-7H2,1-2H3,(H2,11,12). The SMILES string of the molecule is CC1(C)COCCN1C(N)=NC1CC1. The lowest BCUT2D eigenvalue weighted by molar-refractivity contribution is -0.0157. The monoisotopic (exact) mass is 197 g/mol. The van der Waals surface area contributed by atoms with Crippen molar-refractivity contribution in [3.05, 3.63) is 0 Å². The Morgan fingerprint density at radius 1 is 1.50 bits per heavy atom. The number of rotatable bonds is 1. The first-order valence-electron chi connectivity index (χ1n) is 5.28. The summed E-state index contributed by atoms with van der Waals surface area (Å²) in [6.07, 6.45) is 2.40. The smallest absolute Gasteiger partial charge is 0.192 e. The Hall–Kier alpha value is -0.770. The molecule has 1 saturated heterocycles. The minimum absolute atomic E-state index is 0.0132. The van der Waals surface area contributed by atoms with Gasteiger partial charge in [0, 0.05) is 6.54 Å². The molecular weight excluding hydrogens is 178 g/mol. The normalized spacial score (nSPS) is 27.9. The van der Waals surface area contributed by atoms with E-state index in [1.807, 2.05) is 0 Å². The molecule has 4 heteroatoms. The molecule has 14 heavy (non-hydrogen) atoms. The number of morpholine rings is 1. The lowest BCUT2D eigenvalue weighted by Gasteiger charge is -2.42. The van der Waals surface area contributed by atoms with Crippen LogP contribution >= 0.6 is 0 Å². The number of hydrogen-bond donors (Lipinski definition) is 1. The van der Waals surface area contributed by atoms with Crippen molar-refractivity contribution in [2.75, 3.05) is 19.8 Å². The summed E-state index contributed by atoms with van der Waals surface area (Å²) in [6.45, 7) is 6.62. The van der Waals surface area contributed by atoms with Gasteiger partial charge in [-0.3, -0.25) is 0 Å². The highest BCUT2D eigenvalue weighted by atomic mass is 16.5. The van der Waals surface area contributed by atoms with Gasteiger partial charge in [-0.15, -0.1) is 0 Å². The van der Waals surface area contributed by atoms with Crippen LogP contribution in [0, 0.1) is 0 Å². The van der Waals surface area contributed by atoms with Crippen LogP contribution in [0.2, 0.25) is 0 Å². The van der Waals surface area contributed by atoms with E-state index in [0.717, 1.165) is 19.8 Å². The zero-order valence-corrected chi connectivity index (χ0v) is 8.99. The van der Waals surface area contributed by atoms with E-state index in [1.165, 1.54) is 12.8 Å². The third-order valence-corrected chi connectivity index (χ3v) is 2.78. The number of hydrogen-bond acceptors (Lipinski definition) is 2. The van der Waals surface area contributed by atoms with Crippen molar-refractivity contribution in [1.82, 2.24) is 4.90 Å². The molecule has 0 aromatic carbocycles. The maximum absolute atomic E-state index is 5.99. The molecule has 0 radical (unpaired) electrons. The Morgan fingerprint density at radius 2 is 2.21 bits per heavy atom. The quantitative estimate of drug-likeness (QED) is 0.494. The summed E-state index contributed by atoms with van der Waals surface area (Å²) in [6, 6.07) is 0.494. The summed E-state index contributed by atoms with van der Waals surface area (Å²) in [5.41, 5.74) is 5.97. The zero-order chi connectivity index (χ0) is 10.2. The van der Waals surface area contributed by atoms with Crippen LogP contribution in [0.25, 0.3) is 0 Å². The largest absolute Gasteiger partial charge is 0.377 e. The van der Waals surface area contributed by atoms with Gasteiger partial charge in [0.2, 0.25) is 0 Å². The fourth-order valence-electron chi connectivity index (χ4n) is 1.74.